The van der Waals surface area contributed by atoms with Crippen molar-refractivity contribution < 1.29 is 4.79 Å². The van der Waals surface area contributed by atoms with Crippen LogP contribution in [0, 0.1) is 6.92 Å². The highest BCUT2D eigenvalue weighted by atomic mass is 16.2. The van der Waals surface area contributed by atoms with Crippen molar-refractivity contribution >= 4 is 16.8 Å². The van der Waals surface area contributed by atoms with E-state index in [2.05, 4.69) is 15.2 Å². The van der Waals surface area contributed by atoms with Crippen molar-refractivity contribution in [1.29, 1.82) is 0 Å². The van der Waals surface area contributed by atoms with Gasteiger partial charge in [-0.2, -0.15) is 5.10 Å². The van der Waals surface area contributed by atoms with Gasteiger partial charge in [0.1, 0.15) is 5.82 Å². The molecule has 0 fully saturated rings. The van der Waals surface area contributed by atoms with E-state index >= 15 is 0 Å². The molecule has 6 heteroatoms. The van der Waals surface area contributed by atoms with Gasteiger partial charge in [-0.05, 0) is 13.0 Å². The number of nitrogens with one attached hydrogen (secondary N) is 1. The fourth-order valence-corrected chi connectivity index (χ4v) is 2.46. The Morgan fingerprint density at radius 2 is 2.14 bits per heavy atom. The number of hydrogen-bond acceptors (Lipinski definition) is 3. The molecule has 1 N–H and O–H groups in total. The highest BCUT2D eigenvalue weighted by molar-refractivity contribution is 6.06. The number of carbonyl (C=O) groups excluding carboxylic acids is 1. The molecule has 0 aliphatic carbocycles. The van der Waals surface area contributed by atoms with Crippen LogP contribution in [0.4, 0.5) is 0 Å². The van der Waals surface area contributed by atoms with E-state index in [1.54, 1.807) is 11.9 Å². The van der Waals surface area contributed by atoms with Crippen LogP contribution in [-0.4, -0.2) is 37.6 Å². The van der Waals surface area contributed by atoms with Gasteiger partial charge in [-0.1, -0.05) is 18.2 Å². The first-order valence-corrected chi connectivity index (χ1v) is 6.73. The lowest BCUT2D eigenvalue weighted by Crippen LogP contribution is -2.26. The van der Waals surface area contributed by atoms with E-state index in [0.29, 0.717) is 17.9 Å². The molecule has 108 valence electrons. The summed E-state index contributed by atoms with van der Waals surface area (Å²) in [5.41, 5.74) is 1.74. The van der Waals surface area contributed by atoms with Crippen LogP contribution in [-0.2, 0) is 13.6 Å². The topological polar surface area (TPSA) is 66.8 Å². The van der Waals surface area contributed by atoms with Crippen LogP contribution in [0.3, 0.4) is 0 Å². The second-order valence-corrected chi connectivity index (χ2v) is 5.17. The highest BCUT2D eigenvalue weighted by Crippen LogP contribution is 2.21. The molecule has 2 heterocycles. The fourth-order valence-electron chi connectivity index (χ4n) is 2.46. The first-order valence-electron chi connectivity index (χ1n) is 6.73. The molecule has 3 aromatic rings. The number of para-hydroxylation sites is 1. The molecule has 1 amide bonds. The fraction of sp³-hybridized carbons (Fsp3) is 0.267. The van der Waals surface area contributed by atoms with E-state index in [0.717, 1.165) is 16.7 Å². The van der Waals surface area contributed by atoms with Gasteiger partial charge in [0.2, 0.25) is 0 Å². The molecule has 0 aliphatic rings. The average molecular weight is 283 g/mol. The smallest absolute Gasteiger partial charge is 0.256 e. The molecule has 1 aromatic carbocycles. The maximum atomic E-state index is 12.6. The van der Waals surface area contributed by atoms with Gasteiger partial charge in [-0.25, -0.2) is 4.98 Å². The summed E-state index contributed by atoms with van der Waals surface area (Å²) in [6, 6.07) is 7.88. The van der Waals surface area contributed by atoms with E-state index in [1.807, 2.05) is 49.0 Å². The first-order chi connectivity index (χ1) is 10.1. The lowest BCUT2D eigenvalue weighted by Gasteiger charge is -2.14. The molecule has 0 bridgehead atoms. The molecule has 0 unspecified atom stereocenters. The van der Waals surface area contributed by atoms with Gasteiger partial charge in [0, 0.05) is 31.2 Å². The van der Waals surface area contributed by atoms with Crippen LogP contribution in [0.2, 0.25) is 0 Å². The second kappa shape index (κ2) is 5.05. The first kappa shape index (κ1) is 13.4. The Balaban J connectivity index is 1.89. The van der Waals surface area contributed by atoms with Crippen LogP contribution in [0.1, 0.15) is 22.0 Å². The summed E-state index contributed by atoms with van der Waals surface area (Å²) in [6.45, 7) is 2.22. The molecule has 0 saturated heterocycles. The quantitative estimate of drug-likeness (QED) is 0.798. The SMILES string of the molecule is Cc1nc(CN(C)C(=O)c2cn(C)c3ccccc23)n[nH]1. The average Bonchev–Trinajstić information content (AvgIpc) is 3.03. The summed E-state index contributed by atoms with van der Waals surface area (Å²) in [5.74, 6) is 1.33. The second-order valence-electron chi connectivity index (χ2n) is 5.17. The Hall–Kier alpha value is -2.63. The predicted octanol–water partition coefficient (Wildman–Crippen LogP) is 1.88. The van der Waals surface area contributed by atoms with Crippen molar-refractivity contribution in [2.75, 3.05) is 7.05 Å². The van der Waals surface area contributed by atoms with Crippen LogP contribution < -0.4 is 0 Å². The predicted molar refractivity (Wildman–Crippen MR) is 79.8 cm³/mol. The minimum atomic E-state index is -0.0331. The number of carbonyl (C=O) groups is 1. The zero-order chi connectivity index (χ0) is 15.0. The Bertz CT molecular complexity index is 801. The molecule has 0 spiro atoms. The third-order valence-corrected chi connectivity index (χ3v) is 3.50. The van der Waals surface area contributed by atoms with Crippen molar-refractivity contribution in [3.63, 3.8) is 0 Å². The monoisotopic (exact) mass is 283 g/mol. The van der Waals surface area contributed by atoms with Gasteiger partial charge in [0.25, 0.3) is 5.91 Å². The van der Waals surface area contributed by atoms with Crippen molar-refractivity contribution in [1.82, 2.24) is 24.6 Å². The van der Waals surface area contributed by atoms with Crippen molar-refractivity contribution in [2.24, 2.45) is 7.05 Å². The Morgan fingerprint density at radius 1 is 1.38 bits per heavy atom. The van der Waals surface area contributed by atoms with Gasteiger partial charge in [-0.15, -0.1) is 0 Å². The summed E-state index contributed by atoms with van der Waals surface area (Å²) in [5, 5.41) is 7.81. The number of fused-ring (bicyclic) bond motifs is 1. The minimum absolute atomic E-state index is 0.0331. The normalized spacial score (nSPS) is 11.0. The molecule has 2 aromatic heterocycles. The number of amides is 1. The van der Waals surface area contributed by atoms with E-state index < -0.39 is 0 Å². The van der Waals surface area contributed by atoms with Crippen molar-refractivity contribution in [2.45, 2.75) is 13.5 Å². The van der Waals surface area contributed by atoms with Gasteiger partial charge in [0.15, 0.2) is 5.82 Å². The minimum Gasteiger partial charge on any atom is -0.350 e. The van der Waals surface area contributed by atoms with Crippen LogP contribution >= 0.6 is 0 Å². The number of aromatic amines is 1. The summed E-state index contributed by atoms with van der Waals surface area (Å²) in [6.07, 6.45) is 1.87. The molecule has 0 atom stereocenters. The van der Waals surface area contributed by atoms with Gasteiger partial charge in [-0.3, -0.25) is 9.89 Å². The molecular weight excluding hydrogens is 266 g/mol. The maximum absolute atomic E-state index is 12.6. The third kappa shape index (κ3) is 2.40. The number of hydrogen-bond donors (Lipinski definition) is 1. The van der Waals surface area contributed by atoms with E-state index in [1.165, 1.54) is 0 Å². The number of benzene rings is 1. The summed E-state index contributed by atoms with van der Waals surface area (Å²) in [4.78, 5) is 18.5. The summed E-state index contributed by atoms with van der Waals surface area (Å²) in [7, 11) is 3.70. The van der Waals surface area contributed by atoms with Gasteiger partial charge >= 0.3 is 0 Å². The van der Waals surface area contributed by atoms with Gasteiger partial charge in [0.05, 0.1) is 12.1 Å². The zero-order valence-electron chi connectivity index (χ0n) is 12.3. The number of nitrogens with zero attached hydrogens (tertiary/aromatic N) is 4. The molecule has 0 radical (unpaired) electrons. The Kier molecular flexibility index (Phi) is 3.21. The van der Waals surface area contributed by atoms with Gasteiger partial charge < -0.3 is 9.47 Å². The number of aryl methyl sites for hydroxylation is 2. The molecule has 6 nitrogen and oxygen atoms in total. The Labute approximate surface area is 122 Å². The number of rotatable bonds is 3. The van der Waals surface area contributed by atoms with E-state index in [-0.39, 0.29) is 5.91 Å². The molecule has 21 heavy (non-hydrogen) atoms. The van der Waals surface area contributed by atoms with Crippen molar-refractivity contribution in [3.05, 3.63) is 47.7 Å². The molecular formula is C15H17N5O. The Morgan fingerprint density at radius 3 is 2.86 bits per heavy atom. The van der Waals surface area contributed by atoms with Crippen LogP contribution in [0.25, 0.3) is 10.9 Å². The largest absolute Gasteiger partial charge is 0.350 e. The molecule has 0 saturated carbocycles. The van der Waals surface area contributed by atoms with Crippen LogP contribution in [0.5, 0.6) is 0 Å². The number of aromatic nitrogens is 4. The number of H-pyrrole nitrogens is 1. The lowest BCUT2D eigenvalue weighted by molar-refractivity contribution is 0.0783. The zero-order valence-corrected chi connectivity index (χ0v) is 12.3. The van der Waals surface area contributed by atoms with Crippen LogP contribution in [0.15, 0.2) is 30.5 Å². The van der Waals surface area contributed by atoms with E-state index in [9.17, 15) is 4.79 Å². The molecule has 3 rings (SSSR count). The summed E-state index contributed by atoms with van der Waals surface area (Å²) < 4.78 is 1.97. The van der Waals surface area contributed by atoms with Crippen molar-refractivity contribution in [3.8, 4) is 0 Å². The third-order valence-electron chi connectivity index (χ3n) is 3.50. The molecule has 0 aliphatic heterocycles. The van der Waals surface area contributed by atoms with E-state index in [4.69, 9.17) is 0 Å². The standard InChI is InChI=1S/C15H17N5O/c1-10-16-14(18-17-10)9-20(3)15(21)12-8-19(2)13-7-5-4-6-11(12)13/h4-8H,9H2,1-3H3,(H,16,17,18). The highest BCUT2D eigenvalue weighted by Gasteiger charge is 2.18. The lowest BCUT2D eigenvalue weighted by atomic mass is 10.1. The summed E-state index contributed by atoms with van der Waals surface area (Å²) >= 11 is 0. The maximum Gasteiger partial charge on any atom is 0.256 e.